The quantitative estimate of drug-likeness (QED) is 0.783. The predicted molar refractivity (Wildman–Crippen MR) is 84.7 cm³/mol. The molecule has 6 heteroatoms. The Labute approximate surface area is 129 Å². The number of nitrogens with one attached hydrogen (secondary N) is 1. The topological polar surface area (TPSA) is 73.2 Å². The number of benzene rings is 1. The molecule has 2 aromatic rings. The zero-order chi connectivity index (χ0) is 15.9. The zero-order valence-electron chi connectivity index (χ0n) is 12.9. The Morgan fingerprint density at radius 3 is 2.91 bits per heavy atom. The molecule has 1 aromatic heterocycles. The highest BCUT2D eigenvalue weighted by Crippen LogP contribution is 2.04. The molecule has 22 heavy (non-hydrogen) atoms. The minimum atomic E-state index is -0.205. The molecule has 0 aliphatic rings. The Balaban J connectivity index is 1.89. The van der Waals surface area contributed by atoms with Crippen LogP contribution in [0.1, 0.15) is 20.3 Å². The molecule has 1 aromatic carbocycles. The van der Waals surface area contributed by atoms with E-state index in [1.807, 2.05) is 19.9 Å². The van der Waals surface area contributed by atoms with E-state index in [0.717, 1.165) is 6.42 Å². The summed E-state index contributed by atoms with van der Waals surface area (Å²) in [5.74, 6) is -0.205. The van der Waals surface area contributed by atoms with Crippen molar-refractivity contribution in [3.05, 3.63) is 40.9 Å². The number of nitrogens with zero attached hydrogens (tertiary/aromatic N) is 2. The van der Waals surface area contributed by atoms with Crippen molar-refractivity contribution in [2.75, 3.05) is 13.2 Å². The summed E-state index contributed by atoms with van der Waals surface area (Å²) in [5.41, 5.74) is 0.430. The number of fused-ring (bicyclic) bond motifs is 1. The van der Waals surface area contributed by atoms with Gasteiger partial charge in [0, 0.05) is 13.2 Å². The van der Waals surface area contributed by atoms with Gasteiger partial charge in [-0.05, 0) is 32.4 Å². The monoisotopic (exact) mass is 303 g/mol. The molecule has 0 aliphatic heterocycles. The average Bonchev–Trinajstić information content (AvgIpc) is 2.50. The fourth-order valence-electron chi connectivity index (χ4n) is 2.05. The van der Waals surface area contributed by atoms with Gasteiger partial charge in [-0.25, -0.2) is 4.98 Å². The third-order valence-electron chi connectivity index (χ3n) is 3.14. The van der Waals surface area contributed by atoms with Gasteiger partial charge in [0.25, 0.3) is 5.56 Å². The summed E-state index contributed by atoms with van der Waals surface area (Å²) in [6.07, 6.45) is 2.35. The van der Waals surface area contributed by atoms with Crippen molar-refractivity contribution in [2.45, 2.75) is 32.9 Å². The van der Waals surface area contributed by atoms with Crippen molar-refractivity contribution < 1.29 is 9.53 Å². The predicted octanol–water partition coefficient (Wildman–Crippen LogP) is 1.33. The van der Waals surface area contributed by atoms with Crippen molar-refractivity contribution in [3.8, 4) is 0 Å². The van der Waals surface area contributed by atoms with E-state index in [9.17, 15) is 9.59 Å². The van der Waals surface area contributed by atoms with Gasteiger partial charge in [-0.1, -0.05) is 12.1 Å². The molecule has 0 saturated carbocycles. The molecule has 118 valence electrons. The van der Waals surface area contributed by atoms with Crippen LogP contribution in [-0.2, 0) is 16.1 Å². The van der Waals surface area contributed by atoms with Gasteiger partial charge in [-0.15, -0.1) is 0 Å². The first-order valence-corrected chi connectivity index (χ1v) is 7.40. The van der Waals surface area contributed by atoms with E-state index in [1.54, 1.807) is 18.2 Å². The zero-order valence-corrected chi connectivity index (χ0v) is 12.9. The lowest BCUT2D eigenvalue weighted by Gasteiger charge is -2.09. The number of ether oxygens (including phenoxy) is 1. The number of amides is 1. The Bertz CT molecular complexity index is 694. The third-order valence-corrected chi connectivity index (χ3v) is 3.14. The lowest BCUT2D eigenvalue weighted by atomic mass is 10.2. The highest BCUT2D eigenvalue weighted by atomic mass is 16.5. The number of carbonyl (C=O) groups excluding carboxylic acids is 1. The number of rotatable bonds is 7. The van der Waals surface area contributed by atoms with E-state index in [4.69, 9.17) is 4.74 Å². The first kappa shape index (κ1) is 16.2. The van der Waals surface area contributed by atoms with Crippen LogP contribution in [0.3, 0.4) is 0 Å². The lowest BCUT2D eigenvalue weighted by Crippen LogP contribution is -2.33. The van der Waals surface area contributed by atoms with E-state index in [0.29, 0.717) is 24.1 Å². The van der Waals surface area contributed by atoms with Crippen molar-refractivity contribution in [3.63, 3.8) is 0 Å². The smallest absolute Gasteiger partial charge is 0.261 e. The molecule has 0 radical (unpaired) electrons. The molecule has 1 N–H and O–H groups in total. The molecule has 0 fully saturated rings. The first-order valence-electron chi connectivity index (χ1n) is 7.40. The Morgan fingerprint density at radius 2 is 2.14 bits per heavy atom. The van der Waals surface area contributed by atoms with Crippen molar-refractivity contribution in [1.82, 2.24) is 14.9 Å². The number of hydrogen-bond acceptors (Lipinski definition) is 4. The van der Waals surface area contributed by atoms with E-state index >= 15 is 0 Å². The second-order valence-electron chi connectivity index (χ2n) is 5.32. The summed E-state index contributed by atoms with van der Waals surface area (Å²) >= 11 is 0. The second-order valence-corrected chi connectivity index (χ2v) is 5.32. The highest BCUT2D eigenvalue weighted by molar-refractivity contribution is 5.78. The van der Waals surface area contributed by atoms with Crippen molar-refractivity contribution in [1.29, 1.82) is 0 Å². The minimum Gasteiger partial charge on any atom is -0.379 e. The fraction of sp³-hybridized carbons (Fsp3) is 0.438. The average molecular weight is 303 g/mol. The van der Waals surface area contributed by atoms with Crippen molar-refractivity contribution >= 4 is 16.8 Å². The van der Waals surface area contributed by atoms with Crippen LogP contribution in [0.5, 0.6) is 0 Å². The summed E-state index contributed by atoms with van der Waals surface area (Å²) < 4.78 is 6.71. The summed E-state index contributed by atoms with van der Waals surface area (Å²) in [7, 11) is 0. The van der Waals surface area contributed by atoms with Gasteiger partial charge in [0.1, 0.15) is 6.54 Å². The fourth-order valence-corrected chi connectivity index (χ4v) is 2.05. The number of aromatic nitrogens is 2. The molecule has 0 bridgehead atoms. The first-order chi connectivity index (χ1) is 10.6. The van der Waals surface area contributed by atoms with E-state index in [-0.39, 0.29) is 24.1 Å². The van der Waals surface area contributed by atoms with Crippen LogP contribution >= 0.6 is 0 Å². The van der Waals surface area contributed by atoms with Gasteiger partial charge in [0.2, 0.25) is 5.91 Å². The van der Waals surface area contributed by atoms with Gasteiger partial charge in [0.15, 0.2) is 0 Å². The maximum absolute atomic E-state index is 12.2. The van der Waals surface area contributed by atoms with Gasteiger partial charge < -0.3 is 10.1 Å². The Morgan fingerprint density at radius 1 is 1.36 bits per heavy atom. The summed E-state index contributed by atoms with van der Waals surface area (Å²) in [4.78, 5) is 28.3. The summed E-state index contributed by atoms with van der Waals surface area (Å²) in [5, 5.41) is 3.29. The highest BCUT2D eigenvalue weighted by Gasteiger charge is 2.07. The van der Waals surface area contributed by atoms with Gasteiger partial charge in [-0.3, -0.25) is 14.2 Å². The molecule has 1 heterocycles. The molecule has 0 unspecified atom stereocenters. The third kappa shape index (κ3) is 4.39. The SMILES string of the molecule is CC(C)OCCCNC(=O)Cn1cnc2ccccc2c1=O. The van der Waals surface area contributed by atoms with E-state index in [2.05, 4.69) is 10.3 Å². The maximum Gasteiger partial charge on any atom is 0.261 e. The Hall–Kier alpha value is -2.21. The van der Waals surface area contributed by atoms with E-state index in [1.165, 1.54) is 10.9 Å². The molecule has 0 spiro atoms. The molecule has 0 saturated heterocycles. The van der Waals surface area contributed by atoms with Crippen LogP contribution in [-0.4, -0.2) is 34.7 Å². The molecular weight excluding hydrogens is 282 g/mol. The van der Waals surface area contributed by atoms with Crippen molar-refractivity contribution in [2.24, 2.45) is 0 Å². The van der Waals surface area contributed by atoms with Crippen LogP contribution in [0.25, 0.3) is 10.9 Å². The van der Waals surface area contributed by atoms with E-state index < -0.39 is 0 Å². The molecule has 6 nitrogen and oxygen atoms in total. The summed E-state index contributed by atoms with van der Waals surface area (Å²) in [6, 6.07) is 7.09. The van der Waals surface area contributed by atoms with Crippen LogP contribution in [0, 0.1) is 0 Å². The van der Waals surface area contributed by atoms with Gasteiger partial charge >= 0.3 is 0 Å². The number of hydrogen-bond donors (Lipinski definition) is 1. The standard InChI is InChI=1S/C16H21N3O3/c1-12(2)22-9-5-8-17-15(20)10-19-11-18-14-7-4-3-6-13(14)16(19)21/h3-4,6-7,11-12H,5,8-10H2,1-2H3,(H,17,20). The maximum atomic E-state index is 12.2. The summed E-state index contributed by atoms with van der Waals surface area (Å²) in [6.45, 7) is 5.05. The lowest BCUT2D eigenvalue weighted by molar-refractivity contribution is -0.121. The Kier molecular flexibility index (Phi) is 5.66. The molecule has 0 aliphatic carbocycles. The van der Waals surface area contributed by atoms with Gasteiger partial charge in [0.05, 0.1) is 23.3 Å². The molecular formula is C16H21N3O3. The minimum absolute atomic E-state index is 0.0261. The molecule has 1 amide bonds. The molecule has 0 atom stereocenters. The van der Waals surface area contributed by atoms with Crippen LogP contribution in [0.4, 0.5) is 0 Å². The van der Waals surface area contributed by atoms with Gasteiger partial charge in [-0.2, -0.15) is 0 Å². The number of para-hydroxylation sites is 1. The van der Waals surface area contributed by atoms with Crippen LogP contribution in [0.15, 0.2) is 35.4 Å². The number of carbonyl (C=O) groups is 1. The van der Waals surface area contributed by atoms with Crippen LogP contribution in [0.2, 0.25) is 0 Å². The normalized spacial score (nSPS) is 11.0. The largest absolute Gasteiger partial charge is 0.379 e. The second kappa shape index (κ2) is 7.70. The molecule has 2 rings (SSSR count). The van der Waals surface area contributed by atoms with Crippen LogP contribution < -0.4 is 10.9 Å².